The van der Waals surface area contributed by atoms with E-state index in [-0.39, 0.29) is 4.88 Å². The summed E-state index contributed by atoms with van der Waals surface area (Å²) in [5.41, 5.74) is 0.950. The van der Waals surface area contributed by atoms with Crippen LogP contribution >= 0.6 is 11.3 Å². The monoisotopic (exact) mass is 477 g/mol. The molecule has 0 bridgehead atoms. The van der Waals surface area contributed by atoms with Crippen molar-refractivity contribution in [2.75, 3.05) is 0 Å². The van der Waals surface area contributed by atoms with Crippen molar-refractivity contribution in [3.63, 3.8) is 0 Å². The van der Waals surface area contributed by atoms with Crippen molar-refractivity contribution >= 4 is 48.3 Å². The summed E-state index contributed by atoms with van der Waals surface area (Å²) in [5.74, 6) is -0.502. The minimum absolute atomic E-state index is 0.0483. The molecule has 2 heterocycles. The van der Waals surface area contributed by atoms with Gasteiger partial charge >= 0.3 is 0 Å². The standard InChI is InChI=1S/C19H15N3O6S3/c1-11-17(29-19(21-11)14-10-12-6-2-3-7-13(12)28-14)18(23)22-31(26,27)16-9-5-4-8-15(16)30(20,24)25/h2-10H,1H3,(H,22,23)(H2,20,24,25). The number of rotatable bonds is 5. The molecule has 31 heavy (non-hydrogen) atoms. The number of para-hydroxylation sites is 1. The Labute approximate surface area is 181 Å². The molecule has 12 heteroatoms. The third-order valence-corrected chi connectivity index (χ3v) is 7.97. The van der Waals surface area contributed by atoms with Crippen LogP contribution in [0.15, 0.2) is 68.8 Å². The number of hydrogen-bond donors (Lipinski definition) is 2. The summed E-state index contributed by atoms with van der Waals surface area (Å²) in [7, 11) is -8.84. The van der Waals surface area contributed by atoms with Crippen molar-refractivity contribution in [1.82, 2.24) is 9.71 Å². The molecule has 2 aromatic heterocycles. The zero-order chi connectivity index (χ0) is 22.4. The highest BCUT2D eigenvalue weighted by molar-refractivity contribution is 7.92. The van der Waals surface area contributed by atoms with E-state index in [1.54, 1.807) is 19.1 Å². The van der Waals surface area contributed by atoms with Gasteiger partial charge in [0.15, 0.2) is 10.8 Å². The number of nitrogens with two attached hydrogens (primary N) is 1. The number of aryl methyl sites for hydroxylation is 1. The molecule has 0 aliphatic rings. The summed E-state index contributed by atoms with van der Waals surface area (Å²) in [6.07, 6.45) is 0. The molecule has 0 atom stereocenters. The molecule has 9 nitrogen and oxygen atoms in total. The number of primary sulfonamides is 1. The Morgan fingerprint density at radius 3 is 2.35 bits per heavy atom. The Morgan fingerprint density at radius 2 is 1.68 bits per heavy atom. The topological polar surface area (TPSA) is 149 Å². The number of benzene rings is 2. The van der Waals surface area contributed by atoms with E-state index in [1.807, 2.05) is 22.9 Å². The van der Waals surface area contributed by atoms with E-state index < -0.39 is 35.7 Å². The van der Waals surface area contributed by atoms with Gasteiger partial charge in [0.05, 0.1) is 5.69 Å². The fourth-order valence-electron chi connectivity index (χ4n) is 2.93. The number of nitrogens with one attached hydrogen (secondary N) is 1. The average Bonchev–Trinajstić information content (AvgIpc) is 3.30. The van der Waals surface area contributed by atoms with E-state index in [0.717, 1.165) is 28.9 Å². The molecule has 0 unspecified atom stereocenters. The first-order chi connectivity index (χ1) is 14.6. The first kappa shape index (κ1) is 21.2. The number of thiazole rings is 1. The smallest absolute Gasteiger partial charge is 0.277 e. The Kier molecular flexibility index (Phi) is 5.17. The average molecular weight is 478 g/mol. The highest BCUT2D eigenvalue weighted by Gasteiger charge is 2.28. The molecule has 160 valence electrons. The van der Waals surface area contributed by atoms with Gasteiger partial charge < -0.3 is 4.42 Å². The van der Waals surface area contributed by atoms with Gasteiger partial charge in [-0.1, -0.05) is 30.3 Å². The lowest BCUT2D eigenvalue weighted by Crippen LogP contribution is -2.32. The maximum Gasteiger partial charge on any atom is 0.277 e. The summed E-state index contributed by atoms with van der Waals surface area (Å²) in [4.78, 5) is 15.8. The van der Waals surface area contributed by atoms with Crippen LogP contribution in [0.3, 0.4) is 0 Å². The zero-order valence-electron chi connectivity index (χ0n) is 15.9. The van der Waals surface area contributed by atoms with Crippen LogP contribution in [0.4, 0.5) is 0 Å². The molecule has 2 aromatic carbocycles. The second-order valence-electron chi connectivity index (χ2n) is 6.51. The van der Waals surface area contributed by atoms with Gasteiger partial charge in [0, 0.05) is 5.39 Å². The molecule has 0 spiro atoms. The van der Waals surface area contributed by atoms with Crippen molar-refractivity contribution < 1.29 is 26.0 Å². The maximum atomic E-state index is 12.7. The number of fused-ring (bicyclic) bond motifs is 1. The van der Waals surface area contributed by atoms with Crippen LogP contribution in [0.1, 0.15) is 15.4 Å². The number of furan rings is 1. The van der Waals surface area contributed by atoms with Crippen LogP contribution in [0.25, 0.3) is 21.7 Å². The highest BCUT2D eigenvalue weighted by Crippen LogP contribution is 2.32. The van der Waals surface area contributed by atoms with E-state index >= 15 is 0 Å². The summed E-state index contributed by atoms with van der Waals surface area (Å²) in [5, 5.41) is 6.36. The van der Waals surface area contributed by atoms with Crippen molar-refractivity contribution in [2.24, 2.45) is 5.14 Å². The van der Waals surface area contributed by atoms with Crippen LogP contribution in [-0.2, 0) is 20.0 Å². The van der Waals surface area contributed by atoms with Gasteiger partial charge in [0.1, 0.15) is 20.3 Å². The number of hydrogen-bond acceptors (Lipinski definition) is 8. The highest BCUT2D eigenvalue weighted by atomic mass is 32.2. The number of carbonyl (C=O) groups is 1. The van der Waals surface area contributed by atoms with Crippen molar-refractivity contribution in [1.29, 1.82) is 0 Å². The summed E-state index contributed by atoms with van der Waals surface area (Å²) < 4.78 is 56.5. The van der Waals surface area contributed by atoms with E-state index in [4.69, 9.17) is 9.56 Å². The van der Waals surface area contributed by atoms with E-state index in [0.29, 0.717) is 22.0 Å². The minimum Gasteiger partial charge on any atom is -0.454 e. The van der Waals surface area contributed by atoms with Crippen LogP contribution in [0, 0.1) is 6.92 Å². The normalized spacial score (nSPS) is 12.2. The van der Waals surface area contributed by atoms with Crippen LogP contribution in [0.5, 0.6) is 0 Å². The van der Waals surface area contributed by atoms with E-state index in [2.05, 4.69) is 4.98 Å². The Hall–Kier alpha value is -3.06. The van der Waals surface area contributed by atoms with E-state index in [9.17, 15) is 21.6 Å². The first-order valence-corrected chi connectivity index (χ1v) is 12.6. The Balaban J connectivity index is 1.67. The number of amides is 1. The number of aromatic nitrogens is 1. The number of carbonyl (C=O) groups excluding carboxylic acids is 1. The molecule has 1 amide bonds. The Bertz CT molecular complexity index is 1500. The van der Waals surface area contributed by atoms with Gasteiger partial charge in [-0.3, -0.25) is 4.79 Å². The zero-order valence-corrected chi connectivity index (χ0v) is 18.3. The fraction of sp³-hybridized carbons (Fsp3) is 0.0526. The van der Waals surface area contributed by atoms with Crippen molar-refractivity contribution in [3.8, 4) is 10.8 Å². The Morgan fingerprint density at radius 1 is 1.03 bits per heavy atom. The number of nitrogens with zero attached hydrogens (tertiary/aromatic N) is 1. The fourth-order valence-corrected chi connectivity index (χ4v) is 6.25. The van der Waals surface area contributed by atoms with Crippen molar-refractivity contribution in [3.05, 3.63) is 65.2 Å². The van der Waals surface area contributed by atoms with Gasteiger partial charge in [-0.2, -0.15) is 0 Å². The summed E-state index contributed by atoms with van der Waals surface area (Å²) in [6.45, 7) is 1.56. The SMILES string of the molecule is Cc1nc(-c2cc3ccccc3o2)sc1C(=O)NS(=O)(=O)c1ccccc1S(N)(=O)=O. The largest absolute Gasteiger partial charge is 0.454 e. The molecule has 3 N–H and O–H groups in total. The van der Waals surface area contributed by atoms with Gasteiger partial charge in [0.25, 0.3) is 15.9 Å². The number of sulfonamides is 2. The molecule has 0 saturated carbocycles. The lowest BCUT2D eigenvalue weighted by Gasteiger charge is -2.09. The molecular formula is C19H15N3O6S3. The van der Waals surface area contributed by atoms with Crippen LogP contribution in [-0.4, -0.2) is 27.7 Å². The second-order valence-corrected chi connectivity index (χ2v) is 10.7. The molecule has 4 aromatic rings. The predicted molar refractivity (Wildman–Crippen MR) is 115 cm³/mol. The molecule has 0 fully saturated rings. The third kappa shape index (κ3) is 4.10. The van der Waals surface area contributed by atoms with Gasteiger partial charge in [-0.15, -0.1) is 11.3 Å². The molecule has 0 saturated heterocycles. The summed E-state index contributed by atoms with van der Waals surface area (Å²) in [6, 6.07) is 13.9. The van der Waals surface area contributed by atoms with Crippen molar-refractivity contribution in [2.45, 2.75) is 16.7 Å². The molecule has 0 radical (unpaired) electrons. The van der Waals surface area contributed by atoms with E-state index in [1.165, 1.54) is 12.1 Å². The molecule has 4 rings (SSSR count). The van der Waals surface area contributed by atoms with Gasteiger partial charge in [-0.05, 0) is 31.2 Å². The summed E-state index contributed by atoms with van der Waals surface area (Å²) >= 11 is 0.957. The maximum absolute atomic E-state index is 12.7. The molecule has 0 aliphatic carbocycles. The van der Waals surface area contributed by atoms with Gasteiger partial charge in [-0.25, -0.2) is 31.7 Å². The van der Waals surface area contributed by atoms with Crippen LogP contribution < -0.4 is 9.86 Å². The molecule has 0 aliphatic heterocycles. The van der Waals surface area contributed by atoms with Crippen LogP contribution in [0.2, 0.25) is 0 Å². The minimum atomic E-state index is -4.52. The third-order valence-electron chi connectivity index (χ3n) is 4.31. The second kappa shape index (κ2) is 7.57. The first-order valence-electron chi connectivity index (χ1n) is 8.71. The quantitative estimate of drug-likeness (QED) is 0.448. The molecular weight excluding hydrogens is 462 g/mol. The lowest BCUT2D eigenvalue weighted by molar-refractivity contribution is 0.0984. The predicted octanol–water partition coefficient (Wildman–Crippen LogP) is 2.63. The van der Waals surface area contributed by atoms with Gasteiger partial charge in [0.2, 0.25) is 10.0 Å². The lowest BCUT2D eigenvalue weighted by atomic mass is 10.2.